The third-order valence-electron chi connectivity index (χ3n) is 5.25. The van der Waals surface area contributed by atoms with E-state index in [1.807, 2.05) is 47.4 Å². The Morgan fingerprint density at radius 1 is 1.00 bits per heavy atom. The van der Waals surface area contributed by atoms with Crippen LogP contribution in [0, 0.1) is 0 Å². The van der Waals surface area contributed by atoms with Gasteiger partial charge in [-0.05, 0) is 37.0 Å². The second-order valence-corrected chi connectivity index (χ2v) is 6.96. The molecule has 0 aliphatic carbocycles. The van der Waals surface area contributed by atoms with Crippen molar-refractivity contribution in [1.82, 2.24) is 0 Å². The first kappa shape index (κ1) is 16.2. The highest BCUT2D eigenvalue weighted by Crippen LogP contribution is 2.39. The molecule has 0 spiro atoms. The molecule has 25 heavy (non-hydrogen) atoms. The summed E-state index contributed by atoms with van der Waals surface area (Å²) in [5.41, 5.74) is 2.02. The minimum absolute atomic E-state index is 0.0622. The van der Waals surface area contributed by atoms with Crippen LogP contribution in [-0.2, 0) is 4.79 Å². The van der Waals surface area contributed by atoms with Gasteiger partial charge in [0, 0.05) is 0 Å². The van der Waals surface area contributed by atoms with E-state index in [1.165, 1.54) is 24.2 Å². The number of quaternary nitrogens is 1. The molecule has 1 N–H and O–H groups in total. The first-order valence-corrected chi connectivity index (χ1v) is 9.25. The second kappa shape index (κ2) is 7.28. The summed E-state index contributed by atoms with van der Waals surface area (Å²) in [4.78, 5) is 16.6. The van der Waals surface area contributed by atoms with Crippen LogP contribution in [0.5, 0.6) is 5.75 Å². The zero-order chi connectivity index (χ0) is 17.1. The molecule has 0 radical (unpaired) electrons. The number of anilines is 1. The third kappa shape index (κ3) is 3.40. The van der Waals surface area contributed by atoms with Crippen molar-refractivity contribution in [3.8, 4) is 5.75 Å². The number of carbonyl (C=O) groups excluding carboxylic acids is 1. The number of nitrogens with zero attached hydrogens (tertiary/aromatic N) is 1. The van der Waals surface area contributed by atoms with Crippen molar-refractivity contribution >= 4 is 11.6 Å². The van der Waals surface area contributed by atoms with Gasteiger partial charge in [-0.15, -0.1) is 0 Å². The molecule has 130 valence electrons. The van der Waals surface area contributed by atoms with Crippen LogP contribution in [0.3, 0.4) is 0 Å². The van der Waals surface area contributed by atoms with E-state index in [0.29, 0.717) is 13.2 Å². The number of benzene rings is 2. The molecule has 0 unspecified atom stereocenters. The van der Waals surface area contributed by atoms with Gasteiger partial charge in [-0.1, -0.05) is 42.5 Å². The van der Waals surface area contributed by atoms with E-state index in [9.17, 15) is 4.79 Å². The molecule has 2 heterocycles. The van der Waals surface area contributed by atoms with Crippen LogP contribution in [0.4, 0.5) is 5.69 Å². The number of nitrogens with one attached hydrogen (secondary N) is 1. The van der Waals surface area contributed by atoms with Crippen LogP contribution >= 0.6 is 0 Å². The van der Waals surface area contributed by atoms with Gasteiger partial charge in [0.1, 0.15) is 12.4 Å². The first-order chi connectivity index (χ1) is 12.3. The van der Waals surface area contributed by atoms with Crippen LogP contribution in [0.15, 0.2) is 54.6 Å². The van der Waals surface area contributed by atoms with Crippen molar-refractivity contribution < 1.29 is 14.4 Å². The van der Waals surface area contributed by atoms with E-state index >= 15 is 0 Å². The summed E-state index contributed by atoms with van der Waals surface area (Å²) in [5, 5.41) is 0. The molecule has 1 atom stereocenters. The fraction of sp³-hybridized carbons (Fsp3) is 0.381. The monoisotopic (exact) mass is 337 g/mol. The maximum absolute atomic E-state index is 13.3. The van der Waals surface area contributed by atoms with Gasteiger partial charge in [0.05, 0.1) is 24.8 Å². The number of piperidine rings is 1. The maximum atomic E-state index is 13.3. The molecule has 2 aromatic carbocycles. The SMILES string of the molecule is O=C(C[NH+]1CCCCC1)N1c2ccccc2OC[C@@H]1c1ccccc1. The van der Waals surface area contributed by atoms with Crippen molar-refractivity contribution in [2.45, 2.75) is 25.3 Å². The molecule has 1 fully saturated rings. The highest BCUT2D eigenvalue weighted by Gasteiger charge is 2.35. The predicted octanol–water partition coefficient (Wildman–Crippen LogP) is 2.22. The fourth-order valence-electron chi connectivity index (χ4n) is 3.95. The number of para-hydroxylation sites is 2. The molecule has 4 heteroatoms. The summed E-state index contributed by atoms with van der Waals surface area (Å²) in [6, 6.07) is 18.0. The predicted molar refractivity (Wildman–Crippen MR) is 98.0 cm³/mol. The molecule has 1 saturated heterocycles. The number of likely N-dealkylation sites (tertiary alicyclic amines) is 1. The lowest BCUT2D eigenvalue weighted by molar-refractivity contribution is -0.896. The first-order valence-electron chi connectivity index (χ1n) is 9.25. The summed E-state index contributed by atoms with van der Waals surface area (Å²) in [7, 11) is 0. The Morgan fingerprint density at radius 2 is 1.72 bits per heavy atom. The fourth-order valence-corrected chi connectivity index (χ4v) is 3.95. The molecule has 2 aliphatic heterocycles. The highest BCUT2D eigenvalue weighted by molar-refractivity contribution is 5.96. The number of fused-ring (bicyclic) bond motifs is 1. The van der Waals surface area contributed by atoms with Crippen LogP contribution in [0.1, 0.15) is 30.9 Å². The quantitative estimate of drug-likeness (QED) is 0.932. The summed E-state index contributed by atoms with van der Waals surface area (Å²) >= 11 is 0. The normalized spacial score (nSPS) is 20.6. The molecule has 4 nitrogen and oxygen atoms in total. The van der Waals surface area contributed by atoms with Gasteiger partial charge in [-0.3, -0.25) is 9.69 Å². The van der Waals surface area contributed by atoms with Gasteiger partial charge < -0.3 is 9.64 Å². The smallest absolute Gasteiger partial charge is 0.282 e. The molecule has 2 aliphatic rings. The average molecular weight is 337 g/mol. The lowest BCUT2D eigenvalue weighted by Gasteiger charge is -2.38. The van der Waals surface area contributed by atoms with Gasteiger partial charge >= 0.3 is 0 Å². The molecular weight excluding hydrogens is 312 g/mol. The summed E-state index contributed by atoms with van der Waals surface area (Å²) in [6.45, 7) is 3.28. The lowest BCUT2D eigenvalue weighted by Crippen LogP contribution is -3.14. The number of ether oxygens (including phenoxy) is 1. The maximum Gasteiger partial charge on any atom is 0.282 e. The van der Waals surface area contributed by atoms with Crippen molar-refractivity contribution in [2.24, 2.45) is 0 Å². The number of carbonyl (C=O) groups is 1. The minimum atomic E-state index is -0.0622. The topological polar surface area (TPSA) is 34.0 Å². The molecular formula is C21H25N2O2+. The Hall–Kier alpha value is -2.33. The second-order valence-electron chi connectivity index (χ2n) is 6.96. The van der Waals surface area contributed by atoms with Gasteiger partial charge in [0.25, 0.3) is 5.91 Å². The molecule has 0 bridgehead atoms. The number of hydrogen-bond acceptors (Lipinski definition) is 2. The molecule has 1 amide bonds. The molecule has 4 rings (SSSR count). The summed E-state index contributed by atoms with van der Waals surface area (Å²) in [5.74, 6) is 0.998. The Morgan fingerprint density at radius 3 is 2.52 bits per heavy atom. The van der Waals surface area contributed by atoms with E-state index in [-0.39, 0.29) is 11.9 Å². The third-order valence-corrected chi connectivity index (χ3v) is 5.25. The van der Waals surface area contributed by atoms with Crippen LogP contribution in [-0.4, -0.2) is 32.1 Å². The van der Waals surface area contributed by atoms with Crippen molar-refractivity contribution in [3.63, 3.8) is 0 Å². The highest BCUT2D eigenvalue weighted by atomic mass is 16.5. The van der Waals surface area contributed by atoms with Gasteiger partial charge in [0.15, 0.2) is 6.54 Å². The van der Waals surface area contributed by atoms with Crippen LogP contribution < -0.4 is 14.5 Å². The summed E-state index contributed by atoms with van der Waals surface area (Å²) in [6.07, 6.45) is 3.75. The van der Waals surface area contributed by atoms with E-state index in [2.05, 4.69) is 12.1 Å². The van der Waals surface area contributed by atoms with Crippen molar-refractivity contribution in [1.29, 1.82) is 0 Å². The van der Waals surface area contributed by atoms with Crippen LogP contribution in [0.2, 0.25) is 0 Å². The Bertz CT molecular complexity index is 726. The number of rotatable bonds is 3. The lowest BCUT2D eigenvalue weighted by atomic mass is 10.0. The Balaban J connectivity index is 1.64. The van der Waals surface area contributed by atoms with E-state index < -0.39 is 0 Å². The van der Waals surface area contributed by atoms with Gasteiger partial charge in [0.2, 0.25) is 0 Å². The van der Waals surface area contributed by atoms with E-state index in [1.54, 1.807) is 0 Å². The van der Waals surface area contributed by atoms with Gasteiger partial charge in [-0.2, -0.15) is 0 Å². The summed E-state index contributed by atoms with van der Waals surface area (Å²) < 4.78 is 5.96. The van der Waals surface area contributed by atoms with E-state index in [0.717, 1.165) is 30.1 Å². The zero-order valence-electron chi connectivity index (χ0n) is 14.5. The standard InChI is InChI=1S/C21H24N2O2/c24-21(15-22-13-7-2-8-14-22)23-18-11-5-6-12-20(18)25-16-19(23)17-9-3-1-4-10-17/h1,3-6,9-12,19H,2,7-8,13-16H2/p+1/t19-/m1/s1. The number of amides is 1. The average Bonchev–Trinajstić information content (AvgIpc) is 2.68. The Kier molecular flexibility index (Phi) is 4.70. The Labute approximate surface area is 149 Å². The molecule has 2 aromatic rings. The minimum Gasteiger partial charge on any atom is -0.489 e. The molecule has 0 aromatic heterocycles. The largest absolute Gasteiger partial charge is 0.489 e. The van der Waals surface area contributed by atoms with Crippen molar-refractivity contribution in [3.05, 3.63) is 60.2 Å². The number of hydrogen-bond donors (Lipinski definition) is 1. The zero-order valence-corrected chi connectivity index (χ0v) is 14.5. The van der Waals surface area contributed by atoms with Crippen LogP contribution in [0.25, 0.3) is 0 Å². The molecule has 0 saturated carbocycles. The van der Waals surface area contributed by atoms with E-state index in [4.69, 9.17) is 4.74 Å². The van der Waals surface area contributed by atoms with Crippen molar-refractivity contribution in [2.75, 3.05) is 31.1 Å². The van der Waals surface area contributed by atoms with Gasteiger partial charge in [-0.25, -0.2) is 0 Å².